The number of nitrogens with one attached hydrogen (secondary N) is 2. The molecule has 0 saturated heterocycles. The van der Waals surface area contributed by atoms with Crippen molar-refractivity contribution in [2.75, 3.05) is 26.0 Å². The van der Waals surface area contributed by atoms with Crippen LogP contribution in [0.15, 0.2) is 22.7 Å². The van der Waals surface area contributed by atoms with Gasteiger partial charge >= 0.3 is 0 Å². The van der Waals surface area contributed by atoms with Crippen LogP contribution in [0, 0.1) is 6.92 Å². The molecule has 1 aromatic rings. The molecular formula is C11H16BrN2O+. The third-order valence-electron chi connectivity index (χ3n) is 1.98. The summed E-state index contributed by atoms with van der Waals surface area (Å²) in [5.41, 5.74) is 1.94. The summed E-state index contributed by atoms with van der Waals surface area (Å²) >= 11 is 3.39. The molecule has 1 aromatic carbocycles. The molecule has 15 heavy (non-hydrogen) atoms. The lowest BCUT2D eigenvalue weighted by atomic mass is 10.2. The van der Waals surface area contributed by atoms with Crippen LogP contribution < -0.4 is 10.2 Å². The molecule has 0 heterocycles. The molecule has 1 rings (SSSR count). The van der Waals surface area contributed by atoms with Crippen LogP contribution in [0.2, 0.25) is 0 Å². The maximum absolute atomic E-state index is 11.5. The predicted octanol–water partition coefficient (Wildman–Crippen LogP) is 0.841. The first-order valence-corrected chi connectivity index (χ1v) is 5.63. The molecule has 0 aliphatic rings. The number of hydrogen-bond donors (Lipinski definition) is 2. The number of carbonyl (C=O) groups is 1. The van der Waals surface area contributed by atoms with Gasteiger partial charge in [0.05, 0.1) is 14.1 Å². The van der Waals surface area contributed by atoms with Gasteiger partial charge in [0, 0.05) is 10.2 Å². The van der Waals surface area contributed by atoms with Gasteiger partial charge in [0.2, 0.25) is 0 Å². The van der Waals surface area contributed by atoms with E-state index in [0.29, 0.717) is 6.54 Å². The Bertz CT molecular complexity index is 364. The Morgan fingerprint density at radius 2 is 2.13 bits per heavy atom. The molecule has 4 heteroatoms. The Morgan fingerprint density at radius 1 is 1.47 bits per heavy atom. The monoisotopic (exact) mass is 271 g/mol. The average molecular weight is 272 g/mol. The van der Waals surface area contributed by atoms with E-state index in [-0.39, 0.29) is 5.91 Å². The predicted molar refractivity (Wildman–Crippen MR) is 65.2 cm³/mol. The molecule has 0 aliphatic carbocycles. The lowest BCUT2D eigenvalue weighted by Gasteiger charge is -2.10. The van der Waals surface area contributed by atoms with Crippen LogP contribution in [-0.4, -0.2) is 26.5 Å². The van der Waals surface area contributed by atoms with Crippen molar-refractivity contribution in [2.45, 2.75) is 6.92 Å². The maximum atomic E-state index is 11.5. The molecule has 0 spiro atoms. The third-order valence-corrected chi connectivity index (χ3v) is 2.47. The van der Waals surface area contributed by atoms with Crippen LogP contribution in [0.1, 0.15) is 5.56 Å². The number of halogens is 1. The van der Waals surface area contributed by atoms with Gasteiger partial charge in [0.1, 0.15) is 0 Å². The van der Waals surface area contributed by atoms with Gasteiger partial charge in [0.25, 0.3) is 5.91 Å². The number of quaternary nitrogens is 1. The van der Waals surface area contributed by atoms with E-state index in [1.807, 2.05) is 39.2 Å². The number of likely N-dealkylation sites (N-methyl/N-ethyl adjacent to an activating group) is 1. The van der Waals surface area contributed by atoms with E-state index in [1.165, 1.54) is 0 Å². The van der Waals surface area contributed by atoms with E-state index in [0.717, 1.165) is 20.6 Å². The molecular weight excluding hydrogens is 256 g/mol. The van der Waals surface area contributed by atoms with Crippen LogP contribution in [-0.2, 0) is 4.79 Å². The third kappa shape index (κ3) is 4.01. The Balaban J connectivity index is 2.68. The van der Waals surface area contributed by atoms with Gasteiger partial charge in [-0.1, -0.05) is 15.9 Å². The minimum absolute atomic E-state index is 0.0421. The fourth-order valence-corrected chi connectivity index (χ4v) is 1.76. The summed E-state index contributed by atoms with van der Waals surface area (Å²) < 4.78 is 1.02. The number of carbonyl (C=O) groups excluding carboxylic acids is 1. The second-order valence-electron chi connectivity index (χ2n) is 3.89. The van der Waals surface area contributed by atoms with Gasteiger partial charge in [-0.05, 0) is 30.7 Å². The van der Waals surface area contributed by atoms with Crippen molar-refractivity contribution >= 4 is 27.5 Å². The molecule has 0 unspecified atom stereocenters. The zero-order valence-electron chi connectivity index (χ0n) is 9.23. The standard InChI is InChI=1S/C11H15BrN2O/c1-8-6-9(12)4-5-10(8)13-11(15)7-14(2)3/h4-6H,7H2,1-3H3,(H,13,15)/p+1. The van der Waals surface area contributed by atoms with E-state index in [1.54, 1.807) is 0 Å². The second-order valence-corrected chi connectivity index (χ2v) is 4.81. The van der Waals surface area contributed by atoms with E-state index in [2.05, 4.69) is 21.2 Å². The average Bonchev–Trinajstić information content (AvgIpc) is 2.08. The topological polar surface area (TPSA) is 33.5 Å². The van der Waals surface area contributed by atoms with Gasteiger partial charge in [-0.15, -0.1) is 0 Å². The van der Waals surface area contributed by atoms with Gasteiger partial charge in [0.15, 0.2) is 6.54 Å². The van der Waals surface area contributed by atoms with Gasteiger partial charge in [-0.25, -0.2) is 0 Å². The molecule has 0 bridgehead atoms. The summed E-state index contributed by atoms with van der Waals surface area (Å²) in [7, 11) is 3.90. The zero-order chi connectivity index (χ0) is 11.4. The number of anilines is 1. The normalized spacial score (nSPS) is 10.5. The Labute approximate surface area is 98.6 Å². The molecule has 0 fully saturated rings. The summed E-state index contributed by atoms with van der Waals surface area (Å²) in [4.78, 5) is 12.6. The van der Waals surface area contributed by atoms with E-state index < -0.39 is 0 Å². The van der Waals surface area contributed by atoms with Crippen molar-refractivity contribution in [1.29, 1.82) is 0 Å². The van der Waals surface area contributed by atoms with Gasteiger partial charge in [-0.3, -0.25) is 4.79 Å². The van der Waals surface area contributed by atoms with E-state index in [4.69, 9.17) is 0 Å². The van der Waals surface area contributed by atoms with E-state index >= 15 is 0 Å². The molecule has 0 atom stereocenters. The molecule has 0 radical (unpaired) electrons. The molecule has 2 N–H and O–H groups in total. The van der Waals surface area contributed by atoms with Crippen molar-refractivity contribution in [3.8, 4) is 0 Å². The number of hydrogen-bond acceptors (Lipinski definition) is 1. The van der Waals surface area contributed by atoms with Crippen LogP contribution in [0.5, 0.6) is 0 Å². The lowest BCUT2D eigenvalue weighted by molar-refractivity contribution is -0.849. The molecule has 0 aliphatic heterocycles. The van der Waals surface area contributed by atoms with Crippen LogP contribution in [0.25, 0.3) is 0 Å². The molecule has 1 amide bonds. The maximum Gasteiger partial charge on any atom is 0.279 e. The zero-order valence-corrected chi connectivity index (χ0v) is 10.8. The number of rotatable bonds is 3. The number of benzene rings is 1. The lowest BCUT2D eigenvalue weighted by Crippen LogP contribution is -3.06. The van der Waals surface area contributed by atoms with Crippen molar-refractivity contribution < 1.29 is 9.69 Å². The Kier molecular flexibility index (Phi) is 4.29. The Hall–Kier alpha value is -0.870. The highest BCUT2D eigenvalue weighted by molar-refractivity contribution is 9.10. The van der Waals surface area contributed by atoms with Crippen molar-refractivity contribution in [3.05, 3.63) is 28.2 Å². The van der Waals surface area contributed by atoms with Gasteiger partial charge in [-0.2, -0.15) is 0 Å². The quantitative estimate of drug-likeness (QED) is 0.840. The van der Waals surface area contributed by atoms with Crippen molar-refractivity contribution in [3.63, 3.8) is 0 Å². The Morgan fingerprint density at radius 3 is 2.67 bits per heavy atom. The van der Waals surface area contributed by atoms with Crippen LogP contribution in [0.3, 0.4) is 0 Å². The summed E-state index contributed by atoms with van der Waals surface area (Å²) in [5, 5.41) is 2.89. The first-order chi connectivity index (χ1) is 6.99. The molecule has 82 valence electrons. The van der Waals surface area contributed by atoms with Crippen molar-refractivity contribution in [2.24, 2.45) is 0 Å². The number of amides is 1. The van der Waals surface area contributed by atoms with Gasteiger partial charge < -0.3 is 10.2 Å². The summed E-state index contributed by atoms with van der Waals surface area (Å²) in [6, 6.07) is 5.81. The first-order valence-electron chi connectivity index (χ1n) is 4.84. The highest BCUT2D eigenvalue weighted by atomic mass is 79.9. The minimum Gasteiger partial charge on any atom is -0.332 e. The summed E-state index contributed by atoms with van der Waals surface area (Å²) in [6.45, 7) is 2.46. The van der Waals surface area contributed by atoms with Crippen LogP contribution in [0.4, 0.5) is 5.69 Å². The second kappa shape index (κ2) is 5.28. The molecule has 3 nitrogen and oxygen atoms in total. The van der Waals surface area contributed by atoms with Crippen LogP contribution >= 0.6 is 15.9 Å². The number of aryl methyl sites for hydroxylation is 1. The molecule has 0 aromatic heterocycles. The fourth-order valence-electron chi connectivity index (χ4n) is 1.28. The minimum atomic E-state index is 0.0421. The fraction of sp³-hybridized carbons (Fsp3) is 0.364. The smallest absolute Gasteiger partial charge is 0.279 e. The van der Waals surface area contributed by atoms with E-state index in [9.17, 15) is 4.79 Å². The largest absolute Gasteiger partial charge is 0.332 e. The first kappa shape index (κ1) is 12.2. The SMILES string of the molecule is Cc1cc(Br)ccc1NC(=O)C[NH+](C)C. The summed E-state index contributed by atoms with van der Waals surface area (Å²) in [6.07, 6.45) is 0. The summed E-state index contributed by atoms with van der Waals surface area (Å²) in [5.74, 6) is 0.0421. The highest BCUT2D eigenvalue weighted by Crippen LogP contribution is 2.19. The van der Waals surface area contributed by atoms with Crippen molar-refractivity contribution in [1.82, 2.24) is 0 Å². The molecule has 0 saturated carbocycles. The highest BCUT2D eigenvalue weighted by Gasteiger charge is 2.07.